The van der Waals surface area contributed by atoms with Crippen molar-refractivity contribution in [2.75, 3.05) is 13.1 Å². The minimum atomic E-state index is -0.0140. The van der Waals surface area contributed by atoms with Crippen LogP contribution >= 0.6 is 28.3 Å². The number of piperidine rings is 1. The number of hydrogen-bond acceptors (Lipinski definition) is 2. The molecule has 1 aromatic rings. The summed E-state index contributed by atoms with van der Waals surface area (Å²) >= 11 is 3.40. The van der Waals surface area contributed by atoms with Gasteiger partial charge in [-0.25, -0.2) is 0 Å². The molecule has 1 saturated heterocycles. The number of nitrogens with two attached hydrogens (primary N) is 1. The molecule has 1 atom stereocenters. The standard InChI is InChI=1S/C14H19BrN2O.ClH/c1-14(2)9-17(7-6-12(14)16)13(18)10-4-3-5-11(15)8-10;/h3-5,8,12H,6-7,9,16H2,1-2H3;1H. The zero-order valence-corrected chi connectivity index (χ0v) is 13.6. The number of likely N-dealkylation sites (tertiary alicyclic amines) is 1. The molecule has 0 spiro atoms. The Hall–Kier alpha value is -0.580. The van der Waals surface area contributed by atoms with Gasteiger partial charge in [0.15, 0.2) is 0 Å². The summed E-state index contributed by atoms with van der Waals surface area (Å²) in [4.78, 5) is 14.3. The average molecular weight is 348 g/mol. The second-order valence-corrected chi connectivity index (χ2v) is 6.54. The van der Waals surface area contributed by atoms with Crippen LogP contribution in [0.4, 0.5) is 0 Å². The summed E-state index contributed by atoms with van der Waals surface area (Å²) in [6.07, 6.45) is 0.868. The van der Waals surface area contributed by atoms with Crippen LogP contribution in [0.15, 0.2) is 28.7 Å². The lowest BCUT2D eigenvalue weighted by Crippen LogP contribution is -2.53. The van der Waals surface area contributed by atoms with Crippen LogP contribution in [0.5, 0.6) is 0 Å². The number of carbonyl (C=O) groups is 1. The largest absolute Gasteiger partial charge is 0.338 e. The molecule has 0 saturated carbocycles. The Balaban J connectivity index is 0.00000180. The lowest BCUT2D eigenvalue weighted by atomic mass is 9.79. The molecule has 1 heterocycles. The minimum absolute atomic E-state index is 0. The molecule has 5 heteroatoms. The molecule has 0 aliphatic carbocycles. The smallest absolute Gasteiger partial charge is 0.253 e. The van der Waals surface area contributed by atoms with Crippen molar-refractivity contribution in [3.05, 3.63) is 34.3 Å². The van der Waals surface area contributed by atoms with Gasteiger partial charge in [0.05, 0.1) is 0 Å². The fraction of sp³-hybridized carbons (Fsp3) is 0.500. The molecule has 1 amide bonds. The minimum Gasteiger partial charge on any atom is -0.338 e. The van der Waals surface area contributed by atoms with E-state index in [-0.39, 0.29) is 29.8 Å². The summed E-state index contributed by atoms with van der Waals surface area (Å²) < 4.78 is 0.932. The van der Waals surface area contributed by atoms with Crippen LogP contribution < -0.4 is 5.73 Å². The van der Waals surface area contributed by atoms with Gasteiger partial charge in [-0.1, -0.05) is 35.8 Å². The molecule has 3 nitrogen and oxygen atoms in total. The van der Waals surface area contributed by atoms with E-state index in [1.165, 1.54) is 0 Å². The highest BCUT2D eigenvalue weighted by molar-refractivity contribution is 9.10. The lowest BCUT2D eigenvalue weighted by Gasteiger charge is -2.42. The Morgan fingerprint density at radius 1 is 1.47 bits per heavy atom. The number of halogens is 2. The Labute approximate surface area is 129 Å². The van der Waals surface area contributed by atoms with Gasteiger partial charge in [0.25, 0.3) is 5.91 Å². The van der Waals surface area contributed by atoms with Gasteiger partial charge in [-0.2, -0.15) is 0 Å². The molecular weight excluding hydrogens is 328 g/mol. The van der Waals surface area contributed by atoms with E-state index in [2.05, 4.69) is 29.8 Å². The number of amides is 1. The Bertz CT molecular complexity index is 465. The first kappa shape index (κ1) is 16.5. The van der Waals surface area contributed by atoms with Crippen molar-refractivity contribution >= 4 is 34.2 Å². The van der Waals surface area contributed by atoms with Crippen molar-refractivity contribution in [3.63, 3.8) is 0 Å². The molecule has 0 bridgehead atoms. The third kappa shape index (κ3) is 3.71. The molecule has 1 aliphatic heterocycles. The highest BCUT2D eigenvalue weighted by Crippen LogP contribution is 2.28. The molecule has 2 N–H and O–H groups in total. The molecule has 19 heavy (non-hydrogen) atoms. The van der Waals surface area contributed by atoms with Crippen LogP contribution in [-0.2, 0) is 0 Å². The first-order chi connectivity index (χ1) is 8.40. The van der Waals surface area contributed by atoms with Crippen LogP contribution in [0.2, 0.25) is 0 Å². The van der Waals surface area contributed by atoms with Crippen molar-refractivity contribution < 1.29 is 4.79 Å². The van der Waals surface area contributed by atoms with Crippen molar-refractivity contribution in [2.45, 2.75) is 26.3 Å². The molecule has 2 rings (SSSR count). The molecule has 106 valence electrons. The molecule has 1 unspecified atom stereocenters. The topological polar surface area (TPSA) is 46.3 Å². The third-order valence-electron chi connectivity index (χ3n) is 3.67. The van der Waals surface area contributed by atoms with Gasteiger partial charge in [0.1, 0.15) is 0 Å². The van der Waals surface area contributed by atoms with Crippen LogP contribution in [0, 0.1) is 5.41 Å². The predicted octanol–water partition coefficient (Wildman–Crippen LogP) is 3.07. The molecule has 1 aromatic carbocycles. The van der Waals surface area contributed by atoms with Gasteiger partial charge in [-0.3, -0.25) is 4.79 Å². The maximum Gasteiger partial charge on any atom is 0.253 e. The van der Waals surface area contributed by atoms with Crippen molar-refractivity contribution in [2.24, 2.45) is 11.1 Å². The van der Waals surface area contributed by atoms with Gasteiger partial charge in [0, 0.05) is 29.2 Å². The monoisotopic (exact) mass is 346 g/mol. The van der Waals surface area contributed by atoms with Crippen molar-refractivity contribution in [1.29, 1.82) is 0 Å². The van der Waals surface area contributed by atoms with E-state index in [0.29, 0.717) is 0 Å². The summed E-state index contributed by atoms with van der Waals surface area (Å²) in [6.45, 7) is 5.71. The fourth-order valence-electron chi connectivity index (χ4n) is 2.35. The summed E-state index contributed by atoms with van der Waals surface area (Å²) in [5, 5.41) is 0. The molecule has 0 radical (unpaired) electrons. The van der Waals surface area contributed by atoms with E-state index in [9.17, 15) is 4.79 Å². The quantitative estimate of drug-likeness (QED) is 0.848. The highest BCUT2D eigenvalue weighted by Gasteiger charge is 2.35. The van der Waals surface area contributed by atoms with Crippen LogP contribution in [0.3, 0.4) is 0 Å². The summed E-state index contributed by atoms with van der Waals surface area (Å²) in [7, 11) is 0. The lowest BCUT2D eigenvalue weighted by molar-refractivity contribution is 0.0533. The first-order valence-corrected chi connectivity index (χ1v) is 7.00. The van der Waals surface area contributed by atoms with Gasteiger partial charge >= 0.3 is 0 Å². The molecule has 1 aliphatic rings. The number of nitrogens with zero attached hydrogens (tertiary/aromatic N) is 1. The van der Waals surface area contributed by atoms with E-state index in [0.717, 1.165) is 29.5 Å². The van der Waals surface area contributed by atoms with E-state index in [1.807, 2.05) is 29.2 Å². The SMILES string of the molecule is CC1(C)CN(C(=O)c2cccc(Br)c2)CCC1N.Cl. The molecular formula is C14H20BrClN2O. The molecule has 1 fully saturated rings. The van der Waals surface area contributed by atoms with Gasteiger partial charge in [-0.15, -0.1) is 12.4 Å². The number of rotatable bonds is 1. The van der Waals surface area contributed by atoms with Gasteiger partial charge in [0.2, 0.25) is 0 Å². The van der Waals surface area contributed by atoms with Gasteiger partial charge < -0.3 is 10.6 Å². The fourth-order valence-corrected chi connectivity index (χ4v) is 2.75. The third-order valence-corrected chi connectivity index (χ3v) is 4.16. The highest BCUT2D eigenvalue weighted by atomic mass is 79.9. The average Bonchev–Trinajstić information content (AvgIpc) is 2.31. The number of benzene rings is 1. The summed E-state index contributed by atoms with van der Waals surface area (Å²) in [5.41, 5.74) is 6.81. The van der Waals surface area contributed by atoms with Crippen LogP contribution in [0.25, 0.3) is 0 Å². The summed E-state index contributed by atoms with van der Waals surface area (Å²) in [6, 6.07) is 7.70. The van der Waals surface area contributed by atoms with E-state index in [4.69, 9.17) is 5.73 Å². The zero-order valence-electron chi connectivity index (χ0n) is 11.2. The Morgan fingerprint density at radius 2 is 2.16 bits per heavy atom. The Kier molecular flexibility index (Phi) is 5.42. The number of carbonyl (C=O) groups excluding carboxylic acids is 1. The summed E-state index contributed by atoms with van der Waals surface area (Å²) in [5.74, 6) is 0.0938. The molecule has 0 aromatic heterocycles. The predicted molar refractivity (Wildman–Crippen MR) is 83.7 cm³/mol. The van der Waals surface area contributed by atoms with Crippen molar-refractivity contribution in [1.82, 2.24) is 4.90 Å². The maximum absolute atomic E-state index is 12.4. The Morgan fingerprint density at radius 3 is 2.74 bits per heavy atom. The van der Waals surface area contributed by atoms with E-state index >= 15 is 0 Å². The van der Waals surface area contributed by atoms with E-state index < -0.39 is 0 Å². The second kappa shape index (κ2) is 6.25. The maximum atomic E-state index is 12.4. The van der Waals surface area contributed by atoms with Crippen LogP contribution in [-0.4, -0.2) is 29.9 Å². The number of hydrogen-bond donors (Lipinski definition) is 1. The normalized spacial score (nSPS) is 21.7. The second-order valence-electron chi connectivity index (χ2n) is 5.62. The van der Waals surface area contributed by atoms with E-state index in [1.54, 1.807) is 0 Å². The first-order valence-electron chi connectivity index (χ1n) is 6.20. The van der Waals surface area contributed by atoms with Crippen molar-refractivity contribution in [3.8, 4) is 0 Å². The van der Waals surface area contributed by atoms with Crippen LogP contribution in [0.1, 0.15) is 30.6 Å². The van der Waals surface area contributed by atoms with Gasteiger partial charge in [-0.05, 0) is 30.0 Å². The zero-order chi connectivity index (χ0) is 13.3.